The summed E-state index contributed by atoms with van der Waals surface area (Å²) in [7, 11) is -4.11. The zero-order chi connectivity index (χ0) is 28.9. The van der Waals surface area contributed by atoms with Gasteiger partial charge in [0, 0.05) is 24.2 Å². The minimum absolute atomic E-state index is 0.0323. The van der Waals surface area contributed by atoms with Gasteiger partial charge in [-0.3, -0.25) is 14.4 Å². The molecule has 2 aromatic carbocycles. The molecule has 0 aromatic heterocycles. The van der Waals surface area contributed by atoms with Gasteiger partial charge in [0.15, 0.2) is 11.5 Å². The van der Waals surface area contributed by atoms with Crippen LogP contribution < -0.4 is 14.8 Å². The number of aliphatic hydroxyl groups is 1. The molecular weight excluding hydrogens is 542 g/mol. The van der Waals surface area contributed by atoms with Crippen LogP contribution in [-0.4, -0.2) is 60.2 Å². The number of benzene rings is 2. The van der Waals surface area contributed by atoms with Crippen LogP contribution in [0.5, 0.6) is 11.5 Å². The first-order valence-corrected chi connectivity index (χ1v) is 16.1. The molecule has 5 aliphatic rings. The van der Waals surface area contributed by atoms with Crippen LogP contribution in [0.25, 0.3) is 0 Å². The number of ether oxygens (including phenoxy) is 1. The predicted octanol–water partition coefficient (Wildman–Crippen LogP) is 2.84. The fraction of sp³-hybridized carbons (Fsp3) is 0.516. The summed E-state index contributed by atoms with van der Waals surface area (Å²) in [6.07, 6.45) is 3.44. The number of phenolic OH excluding ortho intramolecular Hbond substituents is 1. The minimum Gasteiger partial charge on any atom is -0.504 e. The van der Waals surface area contributed by atoms with Crippen LogP contribution in [0.1, 0.15) is 56.2 Å². The third kappa shape index (κ3) is 3.87. The minimum atomic E-state index is -4.11. The topological polar surface area (TPSA) is 128 Å². The largest absolute Gasteiger partial charge is 0.504 e. The van der Waals surface area contributed by atoms with Gasteiger partial charge in [0.2, 0.25) is 5.91 Å². The van der Waals surface area contributed by atoms with E-state index in [1.807, 2.05) is 26.8 Å². The SMILES string of the molecule is Cc1ccc(S(=O)(=O)NC2=C3Oc4c(O)ccc5c4[C@@]34CCN(CC3CC3)[C@H](C5)[C@]4(O)CC2C(=O)NC(C)C)cc1. The average Bonchev–Trinajstić information content (AvgIpc) is 3.65. The first-order valence-electron chi connectivity index (χ1n) is 14.6. The van der Waals surface area contributed by atoms with Gasteiger partial charge >= 0.3 is 0 Å². The fourth-order valence-corrected chi connectivity index (χ4v) is 8.89. The number of rotatable bonds is 7. The molecule has 7 rings (SSSR count). The van der Waals surface area contributed by atoms with E-state index < -0.39 is 27.0 Å². The molecule has 1 unspecified atom stereocenters. The smallest absolute Gasteiger partial charge is 0.261 e. The first-order chi connectivity index (χ1) is 19.4. The van der Waals surface area contributed by atoms with Gasteiger partial charge in [-0.1, -0.05) is 23.8 Å². The Hall–Kier alpha value is -3.08. The standard InChI is InChI=1S/C31H37N3O6S/c1-17(2)32-29(36)22-15-31(37)24-14-20-8-11-23(35)27-25(20)30(31,12-13-34(24)16-19-6-7-19)28(40-27)26(22)33-41(38,39)21-9-4-18(3)5-10-21/h4-5,8-11,17,19,22,24,33,35,37H,6-7,12-16H2,1-3H3,(H,32,36)/t22?,24-,30+,31-/m1/s1. The highest BCUT2D eigenvalue weighted by atomic mass is 32.2. The maximum Gasteiger partial charge on any atom is 0.261 e. The first kappa shape index (κ1) is 26.8. The Morgan fingerprint density at radius 2 is 1.90 bits per heavy atom. The molecule has 1 spiro atoms. The summed E-state index contributed by atoms with van der Waals surface area (Å²) in [6, 6.07) is 9.54. The lowest BCUT2D eigenvalue weighted by Crippen LogP contribution is -2.74. The van der Waals surface area contributed by atoms with Crippen molar-refractivity contribution in [3.8, 4) is 11.5 Å². The van der Waals surface area contributed by atoms with Gasteiger partial charge in [-0.05, 0) is 89.1 Å². The molecule has 2 fully saturated rings. The number of hydrogen-bond acceptors (Lipinski definition) is 7. The fourth-order valence-electron chi connectivity index (χ4n) is 7.75. The number of piperidine rings is 1. The molecule has 2 aliphatic heterocycles. The molecule has 9 nitrogen and oxygen atoms in total. The van der Waals surface area contributed by atoms with Gasteiger partial charge in [-0.15, -0.1) is 0 Å². The van der Waals surface area contributed by atoms with Crippen LogP contribution in [0.15, 0.2) is 52.7 Å². The molecule has 2 aromatic rings. The molecule has 4 N–H and O–H groups in total. The monoisotopic (exact) mass is 579 g/mol. The van der Waals surface area contributed by atoms with Gasteiger partial charge in [0.1, 0.15) is 5.76 Å². The molecular formula is C31H37N3O6S. The number of aryl methyl sites for hydroxylation is 1. The molecule has 4 atom stereocenters. The van der Waals surface area contributed by atoms with Crippen LogP contribution in [0.2, 0.25) is 0 Å². The maximum absolute atomic E-state index is 13.8. The zero-order valence-electron chi connectivity index (χ0n) is 23.6. The Morgan fingerprint density at radius 1 is 1.17 bits per heavy atom. The third-order valence-corrected chi connectivity index (χ3v) is 11.2. The molecule has 1 saturated carbocycles. The predicted molar refractivity (Wildman–Crippen MR) is 152 cm³/mol. The highest BCUT2D eigenvalue weighted by Crippen LogP contribution is 2.67. The van der Waals surface area contributed by atoms with Gasteiger partial charge in [0.25, 0.3) is 10.0 Å². The lowest BCUT2D eigenvalue weighted by Gasteiger charge is -2.62. The Morgan fingerprint density at radius 3 is 2.59 bits per heavy atom. The zero-order valence-corrected chi connectivity index (χ0v) is 24.4. The lowest BCUT2D eigenvalue weighted by atomic mass is 9.49. The Balaban J connectivity index is 1.44. The van der Waals surface area contributed by atoms with E-state index >= 15 is 0 Å². The molecule has 2 bridgehead atoms. The number of aromatic hydroxyl groups is 1. The summed E-state index contributed by atoms with van der Waals surface area (Å²) in [6.45, 7) is 7.16. The van der Waals surface area contributed by atoms with Crippen molar-refractivity contribution in [2.24, 2.45) is 11.8 Å². The number of phenols is 1. The van der Waals surface area contributed by atoms with E-state index in [0.29, 0.717) is 25.3 Å². The molecule has 1 saturated heterocycles. The summed E-state index contributed by atoms with van der Waals surface area (Å²) in [5.74, 6) is -0.350. The molecule has 1 amide bonds. The summed E-state index contributed by atoms with van der Waals surface area (Å²) in [5.41, 5.74) is 0.274. The normalized spacial score (nSPS) is 30.2. The van der Waals surface area contributed by atoms with Gasteiger partial charge < -0.3 is 20.3 Å². The highest BCUT2D eigenvalue weighted by Gasteiger charge is 2.72. The van der Waals surface area contributed by atoms with Crippen LogP contribution in [-0.2, 0) is 26.7 Å². The Labute approximate surface area is 240 Å². The summed E-state index contributed by atoms with van der Waals surface area (Å²) in [5, 5.41) is 26.8. The van der Waals surface area contributed by atoms with E-state index in [1.54, 1.807) is 18.2 Å². The van der Waals surface area contributed by atoms with Crippen molar-refractivity contribution in [2.75, 3.05) is 13.1 Å². The quantitative estimate of drug-likeness (QED) is 0.397. The molecule has 2 heterocycles. The number of sulfonamides is 1. The van der Waals surface area contributed by atoms with E-state index in [9.17, 15) is 23.4 Å². The summed E-state index contributed by atoms with van der Waals surface area (Å²) >= 11 is 0. The van der Waals surface area contributed by atoms with Crippen molar-refractivity contribution in [2.45, 2.75) is 80.9 Å². The van der Waals surface area contributed by atoms with Crippen molar-refractivity contribution in [1.82, 2.24) is 14.9 Å². The second-order valence-electron chi connectivity index (χ2n) is 12.9. The highest BCUT2D eigenvalue weighted by molar-refractivity contribution is 7.89. The Kier molecular flexibility index (Phi) is 5.85. The lowest BCUT2D eigenvalue weighted by molar-refractivity contribution is -0.160. The van der Waals surface area contributed by atoms with Crippen molar-refractivity contribution in [3.05, 3.63) is 64.5 Å². The number of hydrogen-bond donors (Lipinski definition) is 4. The molecule has 41 heavy (non-hydrogen) atoms. The van der Waals surface area contributed by atoms with Crippen LogP contribution >= 0.6 is 0 Å². The van der Waals surface area contributed by atoms with Gasteiger partial charge in [0.05, 0.1) is 27.5 Å². The third-order valence-electron chi connectivity index (χ3n) is 9.78. The maximum atomic E-state index is 13.8. The van der Waals surface area contributed by atoms with Gasteiger partial charge in [-0.2, -0.15) is 0 Å². The van der Waals surface area contributed by atoms with Crippen LogP contribution in [0, 0.1) is 18.8 Å². The average molecular weight is 580 g/mol. The van der Waals surface area contributed by atoms with Gasteiger partial charge in [-0.25, -0.2) is 8.42 Å². The number of nitrogens with zero attached hydrogens (tertiary/aromatic N) is 1. The summed E-state index contributed by atoms with van der Waals surface area (Å²) in [4.78, 5) is 16.2. The van der Waals surface area contributed by atoms with Crippen molar-refractivity contribution < 1.29 is 28.2 Å². The van der Waals surface area contributed by atoms with Crippen LogP contribution in [0.4, 0.5) is 0 Å². The number of likely N-dealkylation sites (tertiary alicyclic amines) is 1. The number of carbonyl (C=O) groups excluding carboxylic acids is 1. The van der Waals surface area contributed by atoms with E-state index in [-0.39, 0.29) is 52.3 Å². The van der Waals surface area contributed by atoms with E-state index in [2.05, 4.69) is 14.9 Å². The second kappa shape index (κ2) is 8.96. The molecule has 10 heteroatoms. The number of carbonyl (C=O) groups is 1. The van der Waals surface area contributed by atoms with Crippen molar-refractivity contribution in [3.63, 3.8) is 0 Å². The van der Waals surface area contributed by atoms with Crippen LogP contribution in [0.3, 0.4) is 0 Å². The van der Waals surface area contributed by atoms with Crippen molar-refractivity contribution >= 4 is 15.9 Å². The van der Waals surface area contributed by atoms with Crippen molar-refractivity contribution in [1.29, 1.82) is 0 Å². The van der Waals surface area contributed by atoms with E-state index in [4.69, 9.17) is 4.74 Å². The molecule has 3 aliphatic carbocycles. The number of amides is 1. The Bertz CT molecular complexity index is 1580. The number of nitrogens with one attached hydrogen (secondary N) is 2. The molecule has 218 valence electrons. The van der Waals surface area contributed by atoms with E-state index in [1.165, 1.54) is 25.0 Å². The second-order valence-corrected chi connectivity index (χ2v) is 14.6. The summed E-state index contributed by atoms with van der Waals surface area (Å²) < 4.78 is 36.7. The molecule has 0 radical (unpaired) electrons. The van der Waals surface area contributed by atoms with E-state index in [0.717, 1.165) is 23.2 Å².